The van der Waals surface area contributed by atoms with E-state index in [1.807, 2.05) is 6.92 Å². The smallest absolute Gasteiger partial charge is 0.251 e. The van der Waals surface area contributed by atoms with E-state index in [-0.39, 0.29) is 12.5 Å². The van der Waals surface area contributed by atoms with E-state index in [0.717, 1.165) is 4.90 Å². The number of thioether (sulfide) groups is 1. The highest BCUT2D eigenvalue weighted by Crippen LogP contribution is 2.25. The molecule has 4 nitrogen and oxygen atoms in total. The molecule has 88 valence electrons. The summed E-state index contributed by atoms with van der Waals surface area (Å²) in [4.78, 5) is 12.4. The summed E-state index contributed by atoms with van der Waals surface area (Å²) in [5.74, 6) is 0.469. The number of aliphatic hydroxyl groups excluding tert-OH is 1. The molecule has 0 radical (unpaired) electrons. The third kappa shape index (κ3) is 3.43. The molecule has 4 N–H and O–H groups in total. The Morgan fingerprint density at radius 2 is 2.31 bits per heavy atom. The van der Waals surface area contributed by atoms with Crippen molar-refractivity contribution < 1.29 is 9.90 Å². The van der Waals surface area contributed by atoms with Gasteiger partial charge < -0.3 is 16.2 Å². The first-order valence-electron chi connectivity index (χ1n) is 5.10. The number of carbonyl (C=O) groups excluding carboxylic acids is 1. The third-order valence-electron chi connectivity index (χ3n) is 1.96. The van der Waals surface area contributed by atoms with E-state index in [1.54, 1.807) is 18.2 Å². The zero-order valence-electron chi connectivity index (χ0n) is 9.19. The fourth-order valence-corrected chi connectivity index (χ4v) is 1.98. The van der Waals surface area contributed by atoms with Gasteiger partial charge in [0.05, 0.1) is 6.61 Å². The minimum absolute atomic E-state index is 0.0927. The standard InChI is InChI=1S/C11H16N2O2S/c1-2-13-11(15)8-3-4-9(12)10(7-8)16-6-5-14/h3-4,7,14H,2,5-6,12H2,1H3,(H,13,15). The van der Waals surface area contributed by atoms with Crippen LogP contribution < -0.4 is 11.1 Å². The average molecular weight is 240 g/mol. The lowest BCUT2D eigenvalue weighted by Crippen LogP contribution is -2.22. The molecule has 1 aromatic rings. The van der Waals surface area contributed by atoms with Crippen LogP contribution in [0.1, 0.15) is 17.3 Å². The van der Waals surface area contributed by atoms with Gasteiger partial charge in [0.1, 0.15) is 0 Å². The molecular weight excluding hydrogens is 224 g/mol. The zero-order valence-corrected chi connectivity index (χ0v) is 10.0. The van der Waals surface area contributed by atoms with Crippen LogP contribution in [-0.4, -0.2) is 29.9 Å². The first kappa shape index (κ1) is 12.9. The number of benzene rings is 1. The molecule has 5 heteroatoms. The molecular formula is C11H16N2O2S. The number of nitrogen functional groups attached to an aromatic ring is 1. The van der Waals surface area contributed by atoms with Gasteiger partial charge in [-0.25, -0.2) is 0 Å². The fourth-order valence-electron chi connectivity index (χ4n) is 1.22. The second-order valence-corrected chi connectivity index (χ2v) is 4.32. The molecule has 16 heavy (non-hydrogen) atoms. The predicted molar refractivity (Wildman–Crippen MR) is 66.7 cm³/mol. The molecule has 1 amide bonds. The first-order valence-corrected chi connectivity index (χ1v) is 6.09. The van der Waals surface area contributed by atoms with Gasteiger partial charge in [0.2, 0.25) is 0 Å². The molecule has 0 aliphatic carbocycles. The van der Waals surface area contributed by atoms with Crippen LogP contribution in [0.4, 0.5) is 5.69 Å². The van der Waals surface area contributed by atoms with Gasteiger partial charge in [0, 0.05) is 28.4 Å². The molecule has 0 spiro atoms. The van der Waals surface area contributed by atoms with Gasteiger partial charge in [-0.3, -0.25) is 4.79 Å². The van der Waals surface area contributed by atoms with Crippen molar-refractivity contribution >= 4 is 23.4 Å². The topological polar surface area (TPSA) is 75.4 Å². The van der Waals surface area contributed by atoms with Gasteiger partial charge in [0.15, 0.2) is 0 Å². The number of hydrogen-bond acceptors (Lipinski definition) is 4. The van der Waals surface area contributed by atoms with E-state index in [2.05, 4.69) is 5.32 Å². The van der Waals surface area contributed by atoms with Crippen LogP contribution in [0.5, 0.6) is 0 Å². The summed E-state index contributed by atoms with van der Waals surface area (Å²) in [6, 6.07) is 5.16. The van der Waals surface area contributed by atoms with Crippen LogP contribution in [0.3, 0.4) is 0 Å². The molecule has 0 unspecified atom stereocenters. The van der Waals surface area contributed by atoms with Gasteiger partial charge in [-0.05, 0) is 25.1 Å². The van der Waals surface area contributed by atoms with Crippen LogP contribution in [0, 0.1) is 0 Å². The highest BCUT2D eigenvalue weighted by molar-refractivity contribution is 7.99. The summed E-state index contributed by atoms with van der Waals surface area (Å²) in [6.45, 7) is 2.56. The summed E-state index contributed by atoms with van der Waals surface area (Å²) in [7, 11) is 0. The van der Waals surface area contributed by atoms with E-state index < -0.39 is 0 Å². The van der Waals surface area contributed by atoms with Crippen molar-refractivity contribution in [1.29, 1.82) is 0 Å². The summed E-state index contributed by atoms with van der Waals surface area (Å²) >= 11 is 1.44. The Balaban J connectivity index is 2.84. The van der Waals surface area contributed by atoms with E-state index in [1.165, 1.54) is 11.8 Å². The summed E-state index contributed by atoms with van der Waals surface area (Å²) in [5, 5.41) is 11.5. The molecule has 0 aliphatic rings. The van der Waals surface area contributed by atoms with E-state index in [0.29, 0.717) is 23.5 Å². The lowest BCUT2D eigenvalue weighted by atomic mass is 10.2. The largest absolute Gasteiger partial charge is 0.398 e. The van der Waals surface area contributed by atoms with Crippen molar-refractivity contribution in [2.75, 3.05) is 24.6 Å². The van der Waals surface area contributed by atoms with Gasteiger partial charge in [-0.1, -0.05) is 0 Å². The molecule has 0 saturated heterocycles. The molecule has 0 heterocycles. The maximum absolute atomic E-state index is 11.6. The summed E-state index contributed by atoms with van der Waals surface area (Å²) in [5.41, 5.74) is 7.00. The Labute approximate surface area is 99.2 Å². The Bertz CT molecular complexity index is 369. The molecule has 0 bridgehead atoms. The highest BCUT2D eigenvalue weighted by Gasteiger charge is 2.07. The Kier molecular flexibility index (Phi) is 5.14. The summed E-state index contributed by atoms with van der Waals surface area (Å²) in [6.07, 6.45) is 0. The van der Waals surface area contributed by atoms with Gasteiger partial charge >= 0.3 is 0 Å². The van der Waals surface area contributed by atoms with Crippen molar-refractivity contribution in [3.8, 4) is 0 Å². The van der Waals surface area contributed by atoms with Crippen molar-refractivity contribution in [2.45, 2.75) is 11.8 Å². The molecule has 1 rings (SSSR count). The third-order valence-corrected chi connectivity index (χ3v) is 3.01. The van der Waals surface area contributed by atoms with Crippen LogP contribution in [0.15, 0.2) is 23.1 Å². The zero-order chi connectivity index (χ0) is 12.0. The van der Waals surface area contributed by atoms with Gasteiger partial charge in [-0.15, -0.1) is 11.8 Å². The van der Waals surface area contributed by atoms with Crippen molar-refractivity contribution in [2.24, 2.45) is 0 Å². The van der Waals surface area contributed by atoms with E-state index in [4.69, 9.17) is 10.8 Å². The monoisotopic (exact) mass is 240 g/mol. The number of carbonyl (C=O) groups is 1. The van der Waals surface area contributed by atoms with Crippen molar-refractivity contribution in [1.82, 2.24) is 5.32 Å². The van der Waals surface area contributed by atoms with Crippen LogP contribution in [-0.2, 0) is 0 Å². The first-order chi connectivity index (χ1) is 7.69. The van der Waals surface area contributed by atoms with Crippen LogP contribution >= 0.6 is 11.8 Å². The number of hydrogen-bond donors (Lipinski definition) is 3. The van der Waals surface area contributed by atoms with Crippen LogP contribution in [0.2, 0.25) is 0 Å². The van der Waals surface area contributed by atoms with E-state index >= 15 is 0 Å². The number of rotatable bonds is 5. The second-order valence-electron chi connectivity index (χ2n) is 3.18. The average Bonchev–Trinajstić information content (AvgIpc) is 2.28. The molecule has 0 fully saturated rings. The highest BCUT2D eigenvalue weighted by atomic mass is 32.2. The maximum Gasteiger partial charge on any atom is 0.251 e. The Morgan fingerprint density at radius 3 is 2.94 bits per heavy atom. The normalized spacial score (nSPS) is 10.1. The SMILES string of the molecule is CCNC(=O)c1ccc(N)c(SCCO)c1. The van der Waals surface area contributed by atoms with Crippen molar-refractivity contribution in [3.63, 3.8) is 0 Å². The second kappa shape index (κ2) is 6.40. The fraction of sp³-hybridized carbons (Fsp3) is 0.364. The lowest BCUT2D eigenvalue weighted by molar-refractivity contribution is 0.0955. The van der Waals surface area contributed by atoms with Gasteiger partial charge in [-0.2, -0.15) is 0 Å². The minimum atomic E-state index is -0.103. The van der Waals surface area contributed by atoms with Crippen molar-refractivity contribution in [3.05, 3.63) is 23.8 Å². The quantitative estimate of drug-likeness (QED) is 0.532. The Hall–Kier alpha value is -1.20. The minimum Gasteiger partial charge on any atom is -0.398 e. The van der Waals surface area contributed by atoms with Gasteiger partial charge in [0.25, 0.3) is 5.91 Å². The number of nitrogens with two attached hydrogens (primary N) is 1. The summed E-state index contributed by atoms with van der Waals surface area (Å²) < 4.78 is 0. The molecule has 0 aliphatic heterocycles. The maximum atomic E-state index is 11.6. The number of anilines is 1. The predicted octanol–water partition coefficient (Wildman–Crippen LogP) is 1.10. The molecule has 0 saturated carbocycles. The van der Waals surface area contributed by atoms with E-state index in [9.17, 15) is 4.79 Å². The number of amides is 1. The Morgan fingerprint density at radius 1 is 1.56 bits per heavy atom. The molecule has 0 aromatic heterocycles. The number of aliphatic hydroxyl groups is 1. The molecule has 1 aromatic carbocycles. The van der Waals surface area contributed by atoms with Crippen LogP contribution in [0.25, 0.3) is 0 Å². The number of nitrogens with one attached hydrogen (secondary N) is 1. The lowest BCUT2D eigenvalue weighted by Gasteiger charge is -2.07. The molecule has 0 atom stereocenters.